The van der Waals surface area contributed by atoms with Gasteiger partial charge >= 0.3 is 0 Å². The Morgan fingerprint density at radius 3 is 2.83 bits per heavy atom. The zero-order valence-electron chi connectivity index (χ0n) is 17.6. The van der Waals surface area contributed by atoms with Gasteiger partial charge in [0.15, 0.2) is 5.96 Å². The van der Waals surface area contributed by atoms with Crippen molar-refractivity contribution in [2.75, 3.05) is 24.5 Å². The molecule has 3 atom stereocenters. The molecule has 0 spiro atoms. The second-order valence-corrected chi connectivity index (χ2v) is 8.07. The van der Waals surface area contributed by atoms with Crippen LogP contribution in [0.1, 0.15) is 43.2 Å². The number of hydrogen-bond donors (Lipinski definition) is 2. The van der Waals surface area contributed by atoms with Gasteiger partial charge in [0, 0.05) is 50.9 Å². The van der Waals surface area contributed by atoms with Gasteiger partial charge in [-0.05, 0) is 44.2 Å². The molecule has 1 aliphatic carbocycles. The molecular weight excluding hydrogens is 475 g/mol. The minimum atomic E-state index is 0. The first-order valence-corrected chi connectivity index (χ1v) is 10.5. The van der Waals surface area contributed by atoms with Crippen molar-refractivity contribution < 1.29 is 0 Å². The van der Waals surface area contributed by atoms with Crippen molar-refractivity contribution in [3.63, 3.8) is 0 Å². The van der Waals surface area contributed by atoms with Gasteiger partial charge in [-0.25, -0.2) is 0 Å². The van der Waals surface area contributed by atoms with Gasteiger partial charge < -0.3 is 15.5 Å². The molecule has 1 saturated heterocycles. The Hall–Kier alpha value is -1.77. The van der Waals surface area contributed by atoms with Crippen LogP contribution in [0.5, 0.6) is 0 Å². The SMILES string of the molecule is CCN=C(NC1CCCN(c2cnn(C)c2)C1)NC1CC1c1ccccc1C.I. The Morgan fingerprint density at radius 2 is 2.10 bits per heavy atom. The van der Waals surface area contributed by atoms with E-state index in [1.54, 1.807) is 0 Å². The van der Waals surface area contributed by atoms with Crippen LogP contribution in [0.4, 0.5) is 5.69 Å². The van der Waals surface area contributed by atoms with Gasteiger partial charge in [-0.3, -0.25) is 9.67 Å². The number of hydrogen-bond acceptors (Lipinski definition) is 3. The Balaban J connectivity index is 0.00000240. The molecule has 7 heteroatoms. The van der Waals surface area contributed by atoms with Crippen molar-refractivity contribution in [1.29, 1.82) is 0 Å². The van der Waals surface area contributed by atoms with E-state index >= 15 is 0 Å². The summed E-state index contributed by atoms with van der Waals surface area (Å²) in [4.78, 5) is 7.13. The summed E-state index contributed by atoms with van der Waals surface area (Å²) in [6.07, 6.45) is 7.59. The molecule has 0 radical (unpaired) electrons. The number of aromatic nitrogens is 2. The van der Waals surface area contributed by atoms with Crippen LogP contribution < -0.4 is 15.5 Å². The number of nitrogens with one attached hydrogen (secondary N) is 2. The number of aryl methyl sites for hydroxylation is 2. The molecule has 158 valence electrons. The van der Waals surface area contributed by atoms with E-state index in [1.165, 1.54) is 36.1 Å². The molecule has 2 aliphatic rings. The quantitative estimate of drug-likeness (QED) is 0.369. The first-order valence-electron chi connectivity index (χ1n) is 10.5. The lowest BCUT2D eigenvalue weighted by atomic mass is 10.0. The highest BCUT2D eigenvalue weighted by molar-refractivity contribution is 14.0. The third kappa shape index (κ3) is 5.43. The Bertz CT molecular complexity index is 832. The average Bonchev–Trinajstić information content (AvgIpc) is 3.30. The summed E-state index contributed by atoms with van der Waals surface area (Å²) < 4.78 is 1.87. The third-order valence-corrected chi connectivity index (χ3v) is 5.84. The number of anilines is 1. The predicted octanol–water partition coefficient (Wildman–Crippen LogP) is 3.43. The van der Waals surface area contributed by atoms with Crippen LogP contribution >= 0.6 is 24.0 Å². The second-order valence-electron chi connectivity index (χ2n) is 8.07. The summed E-state index contributed by atoms with van der Waals surface area (Å²) in [7, 11) is 1.97. The van der Waals surface area contributed by atoms with E-state index in [2.05, 4.69) is 64.9 Å². The topological polar surface area (TPSA) is 57.5 Å². The van der Waals surface area contributed by atoms with Crippen LogP contribution in [-0.2, 0) is 7.05 Å². The van der Waals surface area contributed by atoms with Gasteiger partial charge in [0.1, 0.15) is 0 Å². The van der Waals surface area contributed by atoms with Crippen molar-refractivity contribution in [3.05, 3.63) is 47.8 Å². The lowest BCUT2D eigenvalue weighted by molar-refractivity contribution is 0.467. The number of guanidine groups is 1. The highest BCUT2D eigenvalue weighted by atomic mass is 127. The number of rotatable bonds is 5. The summed E-state index contributed by atoms with van der Waals surface area (Å²) in [5.41, 5.74) is 4.06. The smallest absolute Gasteiger partial charge is 0.191 e. The van der Waals surface area contributed by atoms with Gasteiger partial charge in [-0.15, -0.1) is 24.0 Å². The third-order valence-electron chi connectivity index (χ3n) is 5.84. The molecule has 1 saturated carbocycles. The van der Waals surface area contributed by atoms with Crippen molar-refractivity contribution in [2.24, 2.45) is 12.0 Å². The average molecular weight is 508 g/mol. The van der Waals surface area contributed by atoms with Gasteiger partial charge in [0.05, 0.1) is 11.9 Å². The van der Waals surface area contributed by atoms with E-state index in [0.29, 0.717) is 18.0 Å². The molecule has 6 nitrogen and oxygen atoms in total. The lowest BCUT2D eigenvalue weighted by Gasteiger charge is -2.34. The normalized spacial score (nSPS) is 24.0. The number of benzene rings is 1. The maximum Gasteiger partial charge on any atom is 0.191 e. The Labute approximate surface area is 191 Å². The van der Waals surface area contributed by atoms with Crippen molar-refractivity contribution in [1.82, 2.24) is 20.4 Å². The zero-order valence-corrected chi connectivity index (χ0v) is 20.0. The minimum Gasteiger partial charge on any atom is -0.367 e. The molecule has 2 aromatic rings. The van der Waals surface area contributed by atoms with Gasteiger partial charge in [-0.2, -0.15) is 5.10 Å². The van der Waals surface area contributed by atoms with Gasteiger partial charge in [0.2, 0.25) is 0 Å². The van der Waals surface area contributed by atoms with Crippen LogP contribution in [0.3, 0.4) is 0 Å². The second kappa shape index (κ2) is 9.82. The minimum absolute atomic E-state index is 0. The highest BCUT2D eigenvalue weighted by Gasteiger charge is 2.40. The molecule has 4 rings (SSSR count). The maximum atomic E-state index is 4.71. The fraction of sp³-hybridized carbons (Fsp3) is 0.545. The molecule has 1 aromatic heterocycles. The van der Waals surface area contributed by atoms with Gasteiger partial charge in [0.25, 0.3) is 0 Å². The zero-order chi connectivity index (χ0) is 19.5. The Morgan fingerprint density at radius 1 is 1.28 bits per heavy atom. The van der Waals surface area contributed by atoms with Crippen molar-refractivity contribution in [3.8, 4) is 0 Å². The molecule has 2 heterocycles. The maximum absolute atomic E-state index is 4.71. The van der Waals surface area contributed by atoms with E-state index in [1.807, 2.05) is 17.9 Å². The fourth-order valence-corrected chi connectivity index (χ4v) is 4.26. The number of piperidine rings is 1. The molecule has 0 bridgehead atoms. The van der Waals surface area contributed by atoms with Crippen LogP contribution in [0.25, 0.3) is 0 Å². The van der Waals surface area contributed by atoms with Gasteiger partial charge in [-0.1, -0.05) is 24.3 Å². The van der Waals surface area contributed by atoms with E-state index in [9.17, 15) is 0 Å². The lowest BCUT2D eigenvalue weighted by Crippen LogP contribution is -2.51. The Kier molecular flexibility index (Phi) is 7.43. The van der Waals surface area contributed by atoms with E-state index in [0.717, 1.165) is 25.6 Å². The van der Waals surface area contributed by atoms with Crippen LogP contribution in [-0.4, -0.2) is 47.5 Å². The van der Waals surface area contributed by atoms with Crippen LogP contribution in [0.15, 0.2) is 41.7 Å². The molecule has 1 aliphatic heterocycles. The summed E-state index contributed by atoms with van der Waals surface area (Å²) in [6.45, 7) is 7.17. The molecule has 2 N–H and O–H groups in total. The molecular formula is C22H33IN6. The highest BCUT2D eigenvalue weighted by Crippen LogP contribution is 2.42. The largest absolute Gasteiger partial charge is 0.367 e. The first-order chi connectivity index (χ1) is 13.6. The number of aliphatic imine (C=N–C) groups is 1. The monoisotopic (exact) mass is 508 g/mol. The van der Waals surface area contributed by atoms with Crippen LogP contribution in [0, 0.1) is 6.92 Å². The number of nitrogens with zero attached hydrogens (tertiary/aromatic N) is 4. The van der Waals surface area contributed by atoms with Crippen molar-refractivity contribution in [2.45, 2.75) is 51.1 Å². The first kappa shape index (κ1) is 21.9. The number of halogens is 1. The molecule has 3 unspecified atom stereocenters. The molecule has 0 amide bonds. The van der Waals surface area contributed by atoms with Crippen molar-refractivity contribution >= 4 is 35.6 Å². The summed E-state index contributed by atoms with van der Waals surface area (Å²) in [6, 6.07) is 9.62. The summed E-state index contributed by atoms with van der Waals surface area (Å²) in [5, 5.41) is 11.7. The standard InChI is InChI=1S/C22H32N6.HI/c1-4-23-22(26-21-12-20(21)19-10-6-5-8-16(19)2)25-17-9-7-11-28(14-17)18-13-24-27(3)15-18;/h5-6,8,10,13,15,17,20-21H,4,7,9,11-12,14H2,1-3H3,(H2,23,25,26);1H. The predicted molar refractivity (Wildman–Crippen MR) is 130 cm³/mol. The molecule has 29 heavy (non-hydrogen) atoms. The molecule has 1 aromatic carbocycles. The van der Waals surface area contributed by atoms with E-state index in [-0.39, 0.29) is 24.0 Å². The molecule has 2 fully saturated rings. The summed E-state index contributed by atoms with van der Waals surface area (Å²) >= 11 is 0. The van der Waals surface area contributed by atoms with E-state index < -0.39 is 0 Å². The van der Waals surface area contributed by atoms with Crippen LogP contribution in [0.2, 0.25) is 0 Å². The van der Waals surface area contributed by atoms with E-state index in [4.69, 9.17) is 4.99 Å². The fourth-order valence-electron chi connectivity index (χ4n) is 4.26. The summed E-state index contributed by atoms with van der Waals surface area (Å²) in [5.74, 6) is 1.56.